The van der Waals surface area contributed by atoms with E-state index >= 15 is 0 Å². The molecule has 0 unspecified atom stereocenters. The second kappa shape index (κ2) is 9.06. The first-order valence-corrected chi connectivity index (χ1v) is 10.5. The van der Waals surface area contributed by atoms with Crippen LogP contribution >= 0.6 is 0 Å². The topological polar surface area (TPSA) is 75.7 Å². The van der Waals surface area contributed by atoms with Crippen molar-refractivity contribution >= 4 is 21.6 Å². The van der Waals surface area contributed by atoms with Crippen molar-refractivity contribution in [2.45, 2.75) is 11.4 Å². The average molecular weight is 428 g/mol. The number of ether oxygens (including phenoxy) is 1. The van der Waals surface area contributed by atoms with Gasteiger partial charge in [-0.05, 0) is 66.2 Å². The standard InChI is InChI=1S/C22H21FN2O4S/c1-25(30(27,28)21-13-11-20(29-2)12-14-21)15-16-3-5-17(6-4-16)22(26)24-19-9-7-18(23)8-10-19/h3-14H,15H2,1-2H3,(H,24,26). The first kappa shape index (κ1) is 21.5. The van der Waals surface area contributed by atoms with E-state index < -0.39 is 10.0 Å². The minimum Gasteiger partial charge on any atom is -0.497 e. The van der Waals surface area contributed by atoms with E-state index in [9.17, 15) is 17.6 Å². The SMILES string of the molecule is COc1ccc(S(=O)(=O)N(C)Cc2ccc(C(=O)Nc3ccc(F)cc3)cc2)cc1. The molecule has 0 atom stereocenters. The van der Waals surface area contributed by atoms with Crippen LogP contribution in [0.15, 0.2) is 77.7 Å². The lowest BCUT2D eigenvalue weighted by Crippen LogP contribution is -2.26. The zero-order chi connectivity index (χ0) is 21.7. The third kappa shape index (κ3) is 5.03. The Balaban J connectivity index is 1.66. The summed E-state index contributed by atoms with van der Waals surface area (Å²) in [5.74, 6) is -0.149. The molecule has 0 heterocycles. The number of carbonyl (C=O) groups excluding carboxylic acids is 1. The van der Waals surface area contributed by atoms with Gasteiger partial charge >= 0.3 is 0 Å². The zero-order valence-electron chi connectivity index (χ0n) is 16.5. The highest BCUT2D eigenvalue weighted by atomic mass is 32.2. The number of halogens is 1. The molecule has 0 spiro atoms. The molecule has 30 heavy (non-hydrogen) atoms. The molecule has 1 N–H and O–H groups in total. The number of nitrogens with one attached hydrogen (secondary N) is 1. The van der Waals surface area contributed by atoms with Crippen molar-refractivity contribution in [3.8, 4) is 5.75 Å². The molecule has 3 aromatic carbocycles. The summed E-state index contributed by atoms with van der Waals surface area (Å²) in [6.07, 6.45) is 0. The number of hydrogen-bond acceptors (Lipinski definition) is 4. The van der Waals surface area contributed by atoms with Gasteiger partial charge < -0.3 is 10.1 Å². The summed E-state index contributed by atoms with van der Waals surface area (Å²) >= 11 is 0. The van der Waals surface area contributed by atoms with Crippen molar-refractivity contribution in [3.63, 3.8) is 0 Å². The number of benzene rings is 3. The third-order valence-electron chi connectivity index (χ3n) is 4.49. The quantitative estimate of drug-likeness (QED) is 0.619. The molecule has 156 valence electrons. The van der Waals surface area contributed by atoms with Crippen molar-refractivity contribution < 1.29 is 22.3 Å². The van der Waals surface area contributed by atoms with Gasteiger partial charge in [0.1, 0.15) is 11.6 Å². The molecule has 1 amide bonds. The van der Waals surface area contributed by atoms with Gasteiger partial charge in [-0.15, -0.1) is 0 Å². The number of amides is 1. The molecule has 0 bridgehead atoms. The number of rotatable bonds is 7. The molecular weight excluding hydrogens is 407 g/mol. The maximum absolute atomic E-state index is 13.0. The van der Waals surface area contributed by atoms with E-state index in [4.69, 9.17) is 4.74 Å². The van der Waals surface area contributed by atoms with Crippen LogP contribution in [0.4, 0.5) is 10.1 Å². The fraction of sp³-hybridized carbons (Fsp3) is 0.136. The van der Waals surface area contributed by atoms with Gasteiger partial charge in [0.25, 0.3) is 5.91 Å². The monoisotopic (exact) mass is 428 g/mol. The summed E-state index contributed by atoms with van der Waals surface area (Å²) in [6.45, 7) is 0.147. The number of methoxy groups -OCH3 is 1. The number of nitrogens with zero attached hydrogens (tertiary/aromatic N) is 1. The molecule has 0 radical (unpaired) electrons. The molecule has 0 aliphatic carbocycles. The molecule has 0 aliphatic heterocycles. The Labute approximate surface area is 175 Å². The Hall–Kier alpha value is -3.23. The molecule has 3 rings (SSSR count). The molecule has 0 aliphatic rings. The second-order valence-electron chi connectivity index (χ2n) is 6.59. The lowest BCUT2D eigenvalue weighted by Gasteiger charge is -2.17. The minimum absolute atomic E-state index is 0.147. The van der Waals surface area contributed by atoms with Crippen molar-refractivity contribution in [2.24, 2.45) is 0 Å². The summed E-state index contributed by atoms with van der Waals surface area (Å²) in [5.41, 5.74) is 1.62. The van der Waals surface area contributed by atoms with Crippen LogP contribution in [0, 0.1) is 5.82 Å². The fourth-order valence-corrected chi connectivity index (χ4v) is 3.93. The molecular formula is C22H21FN2O4S. The molecule has 0 fully saturated rings. The van der Waals surface area contributed by atoms with Gasteiger partial charge in [-0.25, -0.2) is 12.8 Å². The second-order valence-corrected chi connectivity index (χ2v) is 8.64. The van der Waals surface area contributed by atoms with Gasteiger partial charge in [0, 0.05) is 24.8 Å². The van der Waals surface area contributed by atoms with E-state index in [1.165, 1.54) is 54.9 Å². The van der Waals surface area contributed by atoms with Gasteiger partial charge in [-0.1, -0.05) is 12.1 Å². The van der Waals surface area contributed by atoms with Crippen molar-refractivity contribution in [1.29, 1.82) is 0 Å². The van der Waals surface area contributed by atoms with Crippen LogP contribution in [0.2, 0.25) is 0 Å². The van der Waals surface area contributed by atoms with Gasteiger partial charge in [-0.3, -0.25) is 4.79 Å². The van der Waals surface area contributed by atoms with Gasteiger partial charge in [-0.2, -0.15) is 4.31 Å². The first-order valence-electron chi connectivity index (χ1n) is 9.06. The summed E-state index contributed by atoms with van der Waals surface area (Å²) in [5, 5.41) is 2.68. The molecule has 0 aromatic heterocycles. The summed E-state index contributed by atoms with van der Waals surface area (Å²) in [4.78, 5) is 12.5. The number of carbonyl (C=O) groups is 1. The van der Waals surface area contributed by atoms with Crippen LogP contribution in [-0.2, 0) is 16.6 Å². The van der Waals surface area contributed by atoms with Crippen LogP contribution in [0.1, 0.15) is 15.9 Å². The fourth-order valence-electron chi connectivity index (χ4n) is 2.77. The van der Waals surface area contributed by atoms with Crippen molar-refractivity contribution in [2.75, 3.05) is 19.5 Å². The lowest BCUT2D eigenvalue weighted by molar-refractivity contribution is 0.102. The Morgan fingerprint density at radius 1 is 0.967 bits per heavy atom. The van der Waals surface area contributed by atoms with E-state index in [0.717, 1.165) is 5.56 Å². The van der Waals surface area contributed by atoms with Crippen LogP contribution in [0.5, 0.6) is 5.75 Å². The molecule has 8 heteroatoms. The third-order valence-corrected chi connectivity index (χ3v) is 6.31. The highest BCUT2D eigenvalue weighted by Crippen LogP contribution is 2.20. The molecule has 3 aromatic rings. The number of hydrogen-bond donors (Lipinski definition) is 1. The Bertz CT molecular complexity index is 1110. The number of anilines is 1. The molecule has 6 nitrogen and oxygen atoms in total. The lowest BCUT2D eigenvalue weighted by atomic mass is 10.1. The van der Waals surface area contributed by atoms with Crippen LogP contribution in [0.25, 0.3) is 0 Å². The van der Waals surface area contributed by atoms with E-state index in [0.29, 0.717) is 17.0 Å². The van der Waals surface area contributed by atoms with Gasteiger partial charge in [0.05, 0.1) is 12.0 Å². The highest BCUT2D eigenvalue weighted by Gasteiger charge is 2.21. The van der Waals surface area contributed by atoms with E-state index in [1.54, 1.807) is 36.4 Å². The summed E-state index contributed by atoms with van der Waals surface area (Å²) in [6, 6.07) is 18.3. The predicted octanol–water partition coefficient (Wildman–Crippen LogP) is 3.91. The summed E-state index contributed by atoms with van der Waals surface area (Å²) in [7, 11) is -0.657. The zero-order valence-corrected chi connectivity index (χ0v) is 17.3. The average Bonchev–Trinajstić information content (AvgIpc) is 2.75. The van der Waals surface area contributed by atoms with E-state index in [-0.39, 0.29) is 23.2 Å². The Kier molecular flexibility index (Phi) is 6.49. The Morgan fingerprint density at radius 3 is 2.13 bits per heavy atom. The van der Waals surface area contributed by atoms with Gasteiger partial charge in [0.2, 0.25) is 10.0 Å². The van der Waals surface area contributed by atoms with Crippen molar-refractivity contribution in [3.05, 3.63) is 89.7 Å². The molecule has 0 saturated heterocycles. The van der Waals surface area contributed by atoms with Gasteiger partial charge in [0.15, 0.2) is 0 Å². The first-order chi connectivity index (χ1) is 14.3. The molecule has 0 saturated carbocycles. The van der Waals surface area contributed by atoms with Crippen LogP contribution in [0.3, 0.4) is 0 Å². The van der Waals surface area contributed by atoms with Crippen molar-refractivity contribution in [1.82, 2.24) is 4.31 Å². The highest BCUT2D eigenvalue weighted by molar-refractivity contribution is 7.89. The maximum Gasteiger partial charge on any atom is 0.255 e. The Morgan fingerprint density at radius 2 is 1.57 bits per heavy atom. The minimum atomic E-state index is -3.66. The van der Waals surface area contributed by atoms with E-state index in [1.807, 2.05) is 0 Å². The van der Waals surface area contributed by atoms with E-state index in [2.05, 4.69) is 5.32 Å². The maximum atomic E-state index is 13.0. The number of sulfonamides is 1. The van der Waals surface area contributed by atoms with Crippen LogP contribution in [-0.4, -0.2) is 32.8 Å². The largest absolute Gasteiger partial charge is 0.497 e. The van der Waals surface area contributed by atoms with Crippen LogP contribution < -0.4 is 10.1 Å². The summed E-state index contributed by atoms with van der Waals surface area (Å²) < 4.78 is 44.7. The predicted molar refractivity (Wildman–Crippen MR) is 112 cm³/mol. The normalized spacial score (nSPS) is 11.3. The smallest absolute Gasteiger partial charge is 0.255 e.